The highest BCUT2D eigenvalue weighted by Gasteiger charge is 2.22. The molecule has 0 unspecified atom stereocenters. The quantitative estimate of drug-likeness (QED) is 0.881. The Labute approximate surface area is 127 Å². The number of carbonyl (C=O) groups excluding carboxylic acids is 1. The van der Waals surface area contributed by atoms with E-state index in [9.17, 15) is 4.79 Å². The predicted molar refractivity (Wildman–Crippen MR) is 83.1 cm³/mol. The number of carbonyl (C=O) groups is 1. The lowest BCUT2D eigenvalue weighted by Gasteiger charge is -2.18. The second kappa shape index (κ2) is 4.91. The third kappa shape index (κ3) is 1.95. The van der Waals surface area contributed by atoms with E-state index in [1.54, 1.807) is 7.11 Å². The first-order chi connectivity index (χ1) is 10.8. The van der Waals surface area contributed by atoms with Crippen LogP contribution in [0.4, 0.5) is 5.82 Å². The number of hydrogen-bond donors (Lipinski definition) is 2. The minimum Gasteiger partial charge on any atom is -0.481 e. The van der Waals surface area contributed by atoms with Gasteiger partial charge in [-0.3, -0.25) is 4.79 Å². The van der Waals surface area contributed by atoms with Gasteiger partial charge in [-0.2, -0.15) is 4.98 Å². The van der Waals surface area contributed by atoms with Crippen LogP contribution >= 0.6 is 0 Å². The first-order valence-electron chi connectivity index (χ1n) is 7.24. The van der Waals surface area contributed by atoms with Crippen molar-refractivity contribution in [3.63, 3.8) is 0 Å². The zero-order valence-corrected chi connectivity index (χ0v) is 12.2. The summed E-state index contributed by atoms with van der Waals surface area (Å²) in [6.45, 7) is 2.19. The molecule has 0 aliphatic carbocycles. The molecule has 6 heteroatoms. The van der Waals surface area contributed by atoms with Crippen LogP contribution in [-0.4, -0.2) is 35.7 Å². The van der Waals surface area contributed by atoms with E-state index in [0.717, 1.165) is 29.1 Å². The topological polar surface area (TPSA) is 68.2 Å². The number of fused-ring (bicyclic) bond motifs is 2. The van der Waals surface area contributed by atoms with Gasteiger partial charge in [0.15, 0.2) is 0 Å². The molecule has 0 radical (unpaired) electrons. The first kappa shape index (κ1) is 12.9. The maximum Gasteiger partial charge on any atom is 0.267 e. The minimum absolute atomic E-state index is 0.0138. The van der Waals surface area contributed by atoms with Gasteiger partial charge >= 0.3 is 0 Å². The Morgan fingerprint density at radius 3 is 3.05 bits per heavy atom. The van der Waals surface area contributed by atoms with Crippen LogP contribution in [0.1, 0.15) is 21.6 Å². The molecule has 0 atom stereocenters. The van der Waals surface area contributed by atoms with E-state index in [4.69, 9.17) is 4.74 Å². The number of rotatable bonds is 2. The van der Waals surface area contributed by atoms with Crippen molar-refractivity contribution in [1.82, 2.24) is 14.9 Å². The molecule has 2 N–H and O–H groups in total. The molecule has 0 aromatic carbocycles. The van der Waals surface area contributed by atoms with Crippen molar-refractivity contribution in [3.8, 4) is 5.88 Å². The SMILES string of the molecule is COc1ccc2c(n1)NCC=C2c1cc2n(c1)CCNC2=O. The third-order valence-electron chi connectivity index (χ3n) is 4.02. The number of anilines is 1. The average Bonchev–Trinajstić information content (AvgIpc) is 2.99. The van der Waals surface area contributed by atoms with Crippen LogP contribution in [0.15, 0.2) is 30.5 Å². The molecular formula is C16H16N4O2. The number of hydrogen-bond acceptors (Lipinski definition) is 4. The van der Waals surface area contributed by atoms with Crippen LogP contribution in [0, 0.1) is 0 Å². The van der Waals surface area contributed by atoms with Gasteiger partial charge in [0.1, 0.15) is 11.5 Å². The Balaban J connectivity index is 1.78. The van der Waals surface area contributed by atoms with Gasteiger partial charge in [-0.25, -0.2) is 0 Å². The van der Waals surface area contributed by atoms with Gasteiger partial charge in [-0.05, 0) is 17.7 Å². The molecule has 2 aliphatic rings. The summed E-state index contributed by atoms with van der Waals surface area (Å²) in [7, 11) is 1.61. The summed E-state index contributed by atoms with van der Waals surface area (Å²) in [5.74, 6) is 1.38. The van der Waals surface area contributed by atoms with Gasteiger partial charge in [0.05, 0.1) is 7.11 Å². The summed E-state index contributed by atoms with van der Waals surface area (Å²) >= 11 is 0. The van der Waals surface area contributed by atoms with E-state index >= 15 is 0 Å². The molecule has 2 aromatic heterocycles. The highest BCUT2D eigenvalue weighted by Crippen LogP contribution is 2.33. The second-order valence-corrected chi connectivity index (χ2v) is 5.31. The summed E-state index contributed by atoms with van der Waals surface area (Å²) in [5.41, 5.74) is 3.87. The van der Waals surface area contributed by atoms with E-state index in [1.165, 1.54) is 0 Å². The lowest BCUT2D eigenvalue weighted by Crippen LogP contribution is -2.34. The molecule has 2 aromatic rings. The van der Waals surface area contributed by atoms with Crippen molar-refractivity contribution in [2.24, 2.45) is 0 Å². The van der Waals surface area contributed by atoms with E-state index in [2.05, 4.69) is 21.7 Å². The fourth-order valence-electron chi connectivity index (χ4n) is 2.95. The van der Waals surface area contributed by atoms with Crippen LogP contribution in [0.3, 0.4) is 0 Å². The monoisotopic (exact) mass is 296 g/mol. The number of nitrogens with zero attached hydrogens (tertiary/aromatic N) is 2. The zero-order chi connectivity index (χ0) is 15.1. The van der Waals surface area contributed by atoms with Gasteiger partial charge in [0.2, 0.25) is 5.88 Å². The molecule has 4 heterocycles. The maximum atomic E-state index is 11.9. The summed E-state index contributed by atoms with van der Waals surface area (Å²) in [6.07, 6.45) is 4.16. The Bertz CT molecular complexity index is 791. The molecule has 4 rings (SSSR count). The number of pyridine rings is 1. The van der Waals surface area contributed by atoms with Crippen molar-refractivity contribution in [1.29, 1.82) is 0 Å². The van der Waals surface area contributed by atoms with Crippen molar-refractivity contribution in [3.05, 3.63) is 47.3 Å². The number of nitrogens with one attached hydrogen (secondary N) is 2. The average molecular weight is 296 g/mol. The van der Waals surface area contributed by atoms with Gasteiger partial charge in [0.25, 0.3) is 5.91 Å². The van der Waals surface area contributed by atoms with E-state index in [-0.39, 0.29) is 5.91 Å². The lowest BCUT2D eigenvalue weighted by molar-refractivity contribution is 0.0928. The molecule has 0 saturated heterocycles. The first-order valence-corrected chi connectivity index (χ1v) is 7.24. The number of amides is 1. The highest BCUT2D eigenvalue weighted by molar-refractivity contribution is 5.96. The summed E-state index contributed by atoms with van der Waals surface area (Å²) in [5, 5.41) is 6.12. The molecule has 2 aliphatic heterocycles. The zero-order valence-electron chi connectivity index (χ0n) is 12.2. The molecule has 0 bridgehead atoms. The standard InChI is InChI=1S/C16H16N4O2/c1-22-14-3-2-12-11(4-5-17-15(12)19-14)10-8-13-16(21)18-6-7-20(13)9-10/h2-4,8-9H,5-7H2,1H3,(H,17,19)(H,18,21). The summed E-state index contributed by atoms with van der Waals surface area (Å²) < 4.78 is 7.18. The van der Waals surface area contributed by atoms with Crippen LogP contribution < -0.4 is 15.4 Å². The van der Waals surface area contributed by atoms with Crippen LogP contribution in [0.2, 0.25) is 0 Å². The van der Waals surface area contributed by atoms with Crippen molar-refractivity contribution in [2.45, 2.75) is 6.54 Å². The smallest absolute Gasteiger partial charge is 0.267 e. The van der Waals surface area contributed by atoms with Crippen LogP contribution in [0.25, 0.3) is 5.57 Å². The predicted octanol–water partition coefficient (Wildman–Crippen LogP) is 1.49. The normalized spacial score (nSPS) is 16.0. The Hall–Kier alpha value is -2.76. The Kier molecular flexibility index (Phi) is 2.89. The van der Waals surface area contributed by atoms with Gasteiger partial charge < -0.3 is 19.9 Å². The number of aromatic nitrogens is 2. The van der Waals surface area contributed by atoms with Crippen molar-refractivity contribution in [2.75, 3.05) is 25.5 Å². The maximum absolute atomic E-state index is 11.9. The lowest BCUT2D eigenvalue weighted by atomic mass is 9.98. The van der Waals surface area contributed by atoms with Gasteiger partial charge in [0, 0.05) is 43.0 Å². The van der Waals surface area contributed by atoms with Crippen LogP contribution in [0.5, 0.6) is 5.88 Å². The van der Waals surface area contributed by atoms with E-state index in [1.807, 2.05) is 29.0 Å². The largest absolute Gasteiger partial charge is 0.481 e. The summed E-state index contributed by atoms with van der Waals surface area (Å²) in [4.78, 5) is 16.4. The molecular weight excluding hydrogens is 280 g/mol. The van der Waals surface area contributed by atoms with Crippen LogP contribution in [-0.2, 0) is 6.54 Å². The van der Waals surface area contributed by atoms with Gasteiger partial charge in [-0.1, -0.05) is 6.08 Å². The van der Waals surface area contributed by atoms with E-state index in [0.29, 0.717) is 24.7 Å². The molecule has 1 amide bonds. The highest BCUT2D eigenvalue weighted by atomic mass is 16.5. The number of ether oxygens (including phenoxy) is 1. The molecule has 22 heavy (non-hydrogen) atoms. The van der Waals surface area contributed by atoms with Gasteiger partial charge in [-0.15, -0.1) is 0 Å². The van der Waals surface area contributed by atoms with Crippen molar-refractivity contribution >= 4 is 17.3 Å². The molecule has 0 fully saturated rings. The second-order valence-electron chi connectivity index (χ2n) is 5.31. The number of methoxy groups -OCH3 is 1. The minimum atomic E-state index is -0.0138. The third-order valence-corrected chi connectivity index (χ3v) is 4.02. The summed E-state index contributed by atoms with van der Waals surface area (Å²) in [6, 6.07) is 5.79. The fourth-order valence-corrected chi connectivity index (χ4v) is 2.95. The molecule has 0 spiro atoms. The van der Waals surface area contributed by atoms with Crippen molar-refractivity contribution < 1.29 is 9.53 Å². The fraction of sp³-hybridized carbons (Fsp3) is 0.250. The van der Waals surface area contributed by atoms with E-state index < -0.39 is 0 Å². The molecule has 0 saturated carbocycles. The Morgan fingerprint density at radius 1 is 1.32 bits per heavy atom. The molecule has 6 nitrogen and oxygen atoms in total. The molecule has 112 valence electrons. The Morgan fingerprint density at radius 2 is 2.23 bits per heavy atom.